The van der Waals surface area contributed by atoms with Gasteiger partial charge in [0.2, 0.25) is 0 Å². The molecule has 2 heterocycles. The monoisotopic (exact) mass is 429 g/mol. The first-order chi connectivity index (χ1) is 12.6. The van der Waals surface area contributed by atoms with Crippen LogP contribution in [0.1, 0.15) is 36.6 Å². The molecule has 4 rings (SSSR count). The van der Waals surface area contributed by atoms with E-state index in [4.69, 9.17) is 16.3 Å². The third-order valence-corrected chi connectivity index (χ3v) is 5.32. The molecule has 0 fully saturated rings. The summed E-state index contributed by atoms with van der Waals surface area (Å²) < 4.78 is 6.59. The molecule has 2 aromatic carbocycles. The van der Waals surface area contributed by atoms with E-state index >= 15 is 0 Å². The smallest absolute Gasteiger partial charge is 0.135 e. The van der Waals surface area contributed by atoms with Crippen molar-refractivity contribution in [3.8, 4) is 5.75 Å². The van der Waals surface area contributed by atoms with E-state index in [0.717, 1.165) is 38.7 Å². The molecule has 2 atom stereocenters. The molecule has 6 heteroatoms. The molecule has 0 radical (unpaired) electrons. The van der Waals surface area contributed by atoms with Gasteiger partial charge in [-0.2, -0.15) is 10.2 Å². The van der Waals surface area contributed by atoms with Crippen LogP contribution in [0.2, 0.25) is 5.15 Å². The number of nitrogens with zero attached hydrogens (tertiary/aromatic N) is 3. The van der Waals surface area contributed by atoms with Gasteiger partial charge >= 0.3 is 0 Å². The summed E-state index contributed by atoms with van der Waals surface area (Å²) in [5.41, 5.74) is 2.90. The van der Waals surface area contributed by atoms with Crippen molar-refractivity contribution in [2.45, 2.75) is 25.4 Å². The van der Waals surface area contributed by atoms with Crippen LogP contribution >= 0.6 is 27.5 Å². The maximum atomic E-state index is 6.47. The quantitative estimate of drug-likeness (QED) is 0.433. The van der Waals surface area contributed by atoms with Crippen LogP contribution in [0, 0.1) is 0 Å². The average molecular weight is 431 g/mol. The van der Waals surface area contributed by atoms with Crippen LogP contribution in [0.25, 0.3) is 10.9 Å². The fourth-order valence-electron chi connectivity index (χ4n) is 3.17. The van der Waals surface area contributed by atoms with Gasteiger partial charge in [-0.25, -0.2) is 4.98 Å². The Balaban J connectivity index is 1.61. The molecule has 0 saturated heterocycles. The lowest BCUT2D eigenvalue weighted by molar-refractivity contribution is 0.340. The Morgan fingerprint density at radius 1 is 1.08 bits per heavy atom. The fraction of sp³-hybridized carbons (Fsp3) is 0.250. The van der Waals surface area contributed by atoms with Gasteiger partial charge in [0.05, 0.1) is 18.2 Å². The van der Waals surface area contributed by atoms with Gasteiger partial charge in [0.15, 0.2) is 0 Å². The van der Waals surface area contributed by atoms with Crippen molar-refractivity contribution in [1.82, 2.24) is 4.98 Å². The van der Waals surface area contributed by atoms with Gasteiger partial charge in [-0.3, -0.25) is 0 Å². The highest BCUT2D eigenvalue weighted by molar-refractivity contribution is 9.10. The minimum atomic E-state index is -0.0698. The molecule has 0 N–H and O–H groups in total. The molecular formula is C20H17BrClN3O. The first-order valence-electron chi connectivity index (χ1n) is 8.52. The maximum absolute atomic E-state index is 6.47. The number of aromatic nitrogens is 1. The summed E-state index contributed by atoms with van der Waals surface area (Å²) in [4.78, 5) is 4.55. The molecule has 3 aromatic rings. The molecule has 0 saturated carbocycles. The van der Waals surface area contributed by atoms with Gasteiger partial charge in [0.1, 0.15) is 16.9 Å². The van der Waals surface area contributed by atoms with Crippen molar-refractivity contribution in [2.24, 2.45) is 10.2 Å². The molecule has 1 aliphatic rings. The first-order valence-corrected chi connectivity index (χ1v) is 9.69. The van der Waals surface area contributed by atoms with E-state index < -0.39 is 0 Å². The van der Waals surface area contributed by atoms with E-state index in [2.05, 4.69) is 49.3 Å². The number of hydrogen-bond donors (Lipinski definition) is 0. The predicted molar refractivity (Wildman–Crippen MR) is 107 cm³/mol. The van der Waals surface area contributed by atoms with Crippen molar-refractivity contribution < 1.29 is 4.74 Å². The van der Waals surface area contributed by atoms with Crippen molar-refractivity contribution in [3.05, 3.63) is 69.3 Å². The zero-order valence-electron chi connectivity index (χ0n) is 14.2. The van der Waals surface area contributed by atoms with Crippen molar-refractivity contribution >= 4 is 38.4 Å². The Labute approximate surface area is 165 Å². The Morgan fingerprint density at radius 3 is 2.62 bits per heavy atom. The molecule has 1 aromatic heterocycles. The third-order valence-electron chi connectivity index (χ3n) is 4.49. The van der Waals surface area contributed by atoms with Gasteiger partial charge in [-0.05, 0) is 42.8 Å². The van der Waals surface area contributed by atoms with Crippen LogP contribution in [-0.2, 0) is 0 Å². The molecule has 4 nitrogen and oxygen atoms in total. The minimum Gasteiger partial charge on any atom is -0.494 e. The zero-order valence-corrected chi connectivity index (χ0v) is 16.5. The second-order valence-corrected chi connectivity index (χ2v) is 7.48. The summed E-state index contributed by atoms with van der Waals surface area (Å²) in [7, 11) is 0. The molecule has 132 valence electrons. The molecule has 26 heavy (non-hydrogen) atoms. The fourth-order valence-corrected chi connectivity index (χ4v) is 3.71. The molecule has 2 unspecified atom stereocenters. The summed E-state index contributed by atoms with van der Waals surface area (Å²) in [5.74, 6) is 0.798. The lowest BCUT2D eigenvalue weighted by Gasteiger charge is -2.12. The van der Waals surface area contributed by atoms with E-state index in [0.29, 0.717) is 11.8 Å². The highest BCUT2D eigenvalue weighted by atomic mass is 79.9. The number of fused-ring (bicyclic) bond motifs is 1. The number of ether oxygens (including phenoxy) is 1. The van der Waals surface area contributed by atoms with Gasteiger partial charge < -0.3 is 4.74 Å². The van der Waals surface area contributed by atoms with Gasteiger partial charge in [-0.15, -0.1) is 0 Å². The molecular weight excluding hydrogens is 414 g/mol. The lowest BCUT2D eigenvalue weighted by atomic mass is 9.97. The largest absolute Gasteiger partial charge is 0.494 e. The van der Waals surface area contributed by atoms with Crippen LogP contribution in [0.4, 0.5) is 0 Å². The summed E-state index contributed by atoms with van der Waals surface area (Å²) >= 11 is 9.93. The number of halogens is 2. The number of rotatable bonds is 4. The Hall–Kier alpha value is -1.98. The summed E-state index contributed by atoms with van der Waals surface area (Å²) in [6.45, 7) is 2.58. The van der Waals surface area contributed by atoms with E-state index in [9.17, 15) is 0 Å². The van der Waals surface area contributed by atoms with Gasteiger partial charge in [0, 0.05) is 27.9 Å². The van der Waals surface area contributed by atoms with Crippen LogP contribution in [0.3, 0.4) is 0 Å². The van der Waals surface area contributed by atoms with E-state index in [1.54, 1.807) is 0 Å². The average Bonchev–Trinajstić information content (AvgIpc) is 3.12. The SMILES string of the molecule is CCOc1ccc2cc(C3CC(c4ccc(Br)cc4)N=N3)c(Cl)nc2c1. The molecule has 0 aliphatic carbocycles. The standard InChI is InChI=1S/C20H17BrClN3O/c1-2-26-15-8-5-13-9-16(20(22)23-17(13)10-15)19-11-18(24-25-19)12-3-6-14(21)7-4-12/h3-10,18-19H,2,11H2,1H3. The summed E-state index contributed by atoms with van der Waals surface area (Å²) in [6.07, 6.45) is 0.797. The summed E-state index contributed by atoms with van der Waals surface area (Å²) in [6, 6.07) is 16.1. The molecule has 0 amide bonds. The number of pyridine rings is 1. The normalized spacial score (nSPS) is 19.2. The van der Waals surface area contributed by atoms with E-state index in [-0.39, 0.29) is 12.1 Å². The topological polar surface area (TPSA) is 46.8 Å². The highest BCUT2D eigenvalue weighted by Gasteiger charge is 2.27. The predicted octanol–water partition coefficient (Wildman–Crippen LogP) is 6.69. The number of benzene rings is 2. The lowest BCUT2D eigenvalue weighted by Crippen LogP contribution is -1.99. The van der Waals surface area contributed by atoms with Crippen LogP contribution < -0.4 is 4.74 Å². The molecule has 0 bridgehead atoms. The summed E-state index contributed by atoms with van der Waals surface area (Å²) in [5, 5.41) is 10.4. The van der Waals surface area contributed by atoms with Gasteiger partial charge in [-0.1, -0.05) is 39.7 Å². The molecule has 1 aliphatic heterocycles. The van der Waals surface area contributed by atoms with Gasteiger partial charge in [0.25, 0.3) is 0 Å². The third kappa shape index (κ3) is 3.46. The second-order valence-electron chi connectivity index (χ2n) is 6.21. The number of hydrogen-bond acceptors (Lipinski definition) is 4. The van der Waals surface area contributed by atoms with Crippen LogP contribution in [0.5, 0.6) is 5.75 Å². The Morgan fingerprint density at radius 2 is 1.85 bits per heavy atom. The highest BCUT2D eigenvalue weighted by Crippen LogP contribution is 2.41. The van der Waals surface area contributed by atoms with Crippen LogP contribution in [-0.4, -0.2) is 11.6 Å². The second kappa shape index (κ2) is 7.33. The Kier molecular flexibility index (Phi) is 4.92. The Bertz CT molecular complexity index is 975. The number of azo groups is 1. The molecule has 0 spiro atoms. The van der Waals surface area contributed by atoms with Crippen molar-refractivity contribution in [2.75, 3.05) is 6.61 Å². The maximum Gasteiger partial charge on any atom is 0.135 e. The van der Waals surface area contributed by atoms with E-state index in [1.807, 2.05) is 37.3 Å². The van der Waals surface area contributed by atoms with Crippen molar-refractivity contribution in [1.29, 1.82) is 0 Å². The minimum absolute atomic E-state index is 0.0557. The van der Waals surface area contributed by atoms with E-state index in [1.165, 1.54) is 0 Å². The van der Waals surface area contributed by atoms with Crippen molar-refractivity contribution in [3.63, 3.8) is 0 Å². The first kappa shape index (κ1) is 17.4. The zero-order chi connectivity index (χ0) is 18.1. The van der Waals surface area contributed by atoms with Crippen LogP contribution in [0.15, 0.2) is 63.2 Å².